The molecule has 128 valence electrons. The Labute approximate surface area is 137 Å². The SMILES string of the molecule is CNC(=O)C1CCN([C@@H](C)C(=O)Nc2ccnn2C(C)C)CC1. The summed E-state index contributed by atoms with van der Waals surface area (Å²) in [6.07, 6.45) is 3.28. The number of amides is 2. The third-order valence-electron chi connectivity index (χ3n) is 4.48. The van der Waals surface area contributed by atoms with Crippen molar-refractivity contribution < 1.29 is 9.59 Å². The summed E-state index contributed by atoms with van der Waals surface area (Å²) in [5.41, 5.74) is 0. The normalized spacial score (nSPS) is 18.0. The number of aromatic nitrogens is 2. The van der Waals surface area contributed by atoms with Crippen LogP contribution in [0.3, 0.4) is 0 Å². The number of likely N-dealkylation sites (tertiary alicyclic amines) is 1. The maximum atomic E-state index is 12.5. The molecule has 2 heterocycles. The van der Waals surface area contributed by atoms with Gasteiger partial charge in [-0.1, -0.05) is 0 Å². The number of nitrogens with one attached hydrogen (secondary N) is 2. The molecule has 0 unspecified atom stereocenters. The van der Waals surface area contributed by atoms with Gasteiger partial charge in [0, 0.05) is 25.1 Å². The highest BCUT2D eigenvalue weighted by Gasteiger charge is 2.29. The van der Waals surface area contributed by atoms with Crippen LogP contribution < -0.4 is 10.6 Å². The third-order valence-corrected chi connectivity index (χ3v) is 4.48. The molecule has 0 radical (unpaired) electrons. The minimum absolute atomic E-state index is 0.0363. The van der Waals surface area contributed by atoms with E-state index in [0.29, 0.717) is 0 Å². The lowest BCUT2D eigenvalue weighted by Gasteiger charge is -2.34. The van der Waals surface area contributed by atoms with Crippen LogP contribution in [0.15, 0.2) is 12.3 Å². The van der Waals surface area contributed by atoms with Crippen LogP contribution in [0.2, 0.25) is 0 Å². The van der Waals surface area contributed by atoms with Gasteiger partial charge in [-0.25, -0.2) is 4.68 Å². The molecule has 2 N–H and O–H groups in total. The molecule has 1 aromatic rings. The van der Waals surface area contributed by atoms with Gasteiger partial charge in [0.25, 0.3) is 0 Å². The fourth-order valence-electron chi connectivity index (χ4n) is 2.97. The number of carbonyl (C=O) groups is 2. The number of nitrogens with zero attached hydrogens (tertiary/aromatic N) is 3. The molecule has 0 bridgehead atoms. The van der Waals surface area contributed by atoms with E-state index < -0.39 is 0 Å². The maximum absolute atomic E-state index is 12.5. The summed E-state index contributed by atoms with van der Waals surface area (Å²) in [5, 5.41) is 9.88. The summed E-state index contributed by atoms with van der Waals surface area (Å²) in [7, 11) is 1.67. The van der Waals surface area contributed by atoms with Gasteiger partial charge in [-0.3, -0.25) is 14.5 Å². The Morgan fingerprint density at radius 3 is 2.48 bits per heavy atom. The van der Waals surface area contributed by atoms with E-state index in [4.69, 9.17) is 0 Å². The van der Waals surface area contributed by atoms with Gasteiger partial charge in [-0.05, 0) is 46.7 Å². The van der Waals surface area contributed by atoms with E-state index in [-0.39, 0.29) is 29.8 Å². The first kappa shape index (κ1) is 17.5. The van der Waals surface area contributed by atoms with Gasteiger partial charge in [0.05, 0.1) is 12.2 Å². The van der Waals surface area contributed by atoms with E-state index in [1.165, 1.54) is 0 Å². The highest BCUT2D eigenvalue weighted by Crippen LogP contribution is 2.20. The molecule has 0 spiro atoms. The fourth-order valence-corrected chi connectivity index (χ4v) is 2.97. The predicted octanol–water partition coefficient (Wildman–Crippen LogP) is 1.25. The molecular formula is C16H27N5O2. The van der Waals surface area contributed by atoms with Gasteiger partial charge < -0.3 is 10.6 Å². The molecule has 1 aliphatic rings. The van der Waals surface area contributed by atoms with Crippen molar-refractivity contribution >= 4 is 17.6 Å². The van der Waals surface area contributed by atoms with Crippen molar-refractivity contribution in [2.24, 2.45) is 5.92 Å². The van der Waals surface area contributed by atoms with Crippen molar-refractivity contribution in [3.05, 3.63) is 12.3 Å². The smallest absolute Gasteiger partial charge is 0.242 e. The summed E-state index contributed by atoms with van der Waals surface area (Å²) in [4.78, 5) is 26.3. The standard InChI is InChI=1S/C16H27N5O2/c1-11(2)21-14(5-8-18-21)19-15(22)12(3)20-9-6-13(7-10-20)16(23)17-4/h5,8,11-13H,6-7,9-10H2,1-4H3,(H,17,23)(H,19,22)/t12-/m0/s1. The predicted molar refractivity (Wildman–Crippen MR) is 89.1 cm³/mol. The Balaban J connectivity index is 1.91. The van der Waals surface area contributed by atoms with Crippen LogP contribution in [0.25, 0.3) is 0 Å². The van der Waals surface area contributed by atoms with Crippen LogP contribution in [0.1, 0.15) is 39.7 Å². The maximum Gasteiger partial charge on any atom is 0.242 e. The second-order valence-corrected chi connectivity index (χ2v) is 6.34. The third kappa shape index (κ3) is 4.10. The molecule has 2 amide bonds. The average Bonchev–Trinajstić information content (AvgIpc) is 3.01. The van der Waals surface area contributed by atoms with E-state index in [0.717, 1.165) is 31.7 Å². The summed E-state index contributed by atoms with van der Waals surface area (Å²) in [5.74, 6) is 0.847. The van der Waals surface area contributed by atoms with Crippen LogP contribution in [0, 0.1) is 5.92 Å². The summed E-state index contributed by atoms with van der Waals surface area (Å²) in [6, 6.07) is 1.78. The van der Waals surface area contributed by atoms with E-state index in [1.54, 1.807) is 17.9 Å². The van der Waals surface area contributed by atoms with E-state index in [2.05, 4.69) is 20.6 Å². The Morgan fingerprint density at radius 2 is 1.91 bits per heavy atom. The fraction of sp³-hybridized carbons (Fsp3) is 0.688. The molecule has 23 heavy (non-hydrogen) atoms. The van der Waals surface area contributed by atoms with Crippen LogP contribution in [0.5, 0.6) is 0 Å². The minimum atomic E-state index is -0.226. The van der Waals surface area contributed by atoms with Crippen molar-refractivity contribution in [2.45, 2.75) is 45.7 Å². The molecule has 1 atom stereocenters. The van der Waals surface area contributed by atoms with Crippen LogP contribution in [0.4, 0.5) is 5.82 Å². The Morgan fingerprint density at radius 1 is 1.26 bits per heavy atom. The van der Waals surface area contributed by atoms with Crippen LogP contribution in [-0.2, 0) is 9.59 Å². The minimum Gasteiger partial charge on any atom is -0.359 e. The molecule has 7 nitrogen and oxygen atoms in total. The second kappa shape index (κ2) is 7.59. The van der Waals surface area contributed by atoms with Crippen LogP contribution in [-0.4, -0.2) is 52.7 Å². The van der Waals surface area contributed by atoms with Crippen molar-refractivity contribution in [1.82, 2.24) is 20.0 Å². The highest BCUT2D eigenvalue weighted by atomic mass is 16.2. The molecular weight excluding hydrogens is 294 g/mol. The lowest BCUT2D eigenvalue weighted by atomic mass is 9.95. The topological polar surface area (TPSA) is 79.3 Å². The molecule has 1 aliphatic heterocycles. The first-order valence-corrected chi connectivity index (χ1v) is 8.24. The van der Waals surface area contributed by atoms with Gasteiger partial charge in [-0.15, -0.1) is 0 Å². The van der Waals surface area contributed by atoms with Crippen molar-refractivity contribution in [2.75, 3.05) is 25.5 Å². The first-order chi connectivity index (χ1) is 10.9. The molecule has 0 aromatic carbocycles. The van der Waals surface area contributed by atoms with Gasteiger partial charge in [0.1, 0.15) is 5.82 Å². The van der Waals surface area contributed by atoms with Crippen molar-refractivity contribution in [3.8, 4) is 0 Å². The number of carbonyl (C=O) groups excluding carboxylic acids is 2. The highest BCUT2D eigenvalue weighted by molar-refractivity contribution is 5.93. The van der Waals surface area contributed by atoms with Gasteiger partial charge in [-0.2, -0.15) is 5.10 Å². The van der Waals surface area contributed by atoms with E-state index in [9.17, 15) is 9.59 Å². The van der Waals surface area contributed by atoms with Gasteiger partial charge in [0.2, 0.25) is 11.8 Å². The van der Waals surface area contributed by atoms with Crippen molar-refractivity contribution in [3.63, 3.8) is 0 Å². The number of rotatable bonds is 5. The molecule has 1 aromatic heterocycles. The number of anilines is 1. The van der Waals surface area contributed by atoms with Gasteiger partial charge in [0.15, 0.2) is 0 Å². The molecule has 0 saturated carbocycles. The molecule has 1 saturated heterocycles. The van der Waals surface area contributed by atoms with Gasteiger partial charge >= 0.3 is 0 Å². The second-order valence-electron chi connectivity index (χ2n) is 6.34. The number of hydrogen-bond acceptors (Lipinski definition) is 4. The molecule has 0 aliphatic carbocycles. The Kier molecular flexibility index (Phi) is 5.76. The zero-order chi connectivity index (χ0) is 17.0. The molecule has 7 heteroatoms. The molecule has 1 fully saturated rings. The van der Waals surface area contributed by atoms with Crippen molar-refractivity contribution in [1.29, 1.82) is 0 Å². The zero-order valence-corrected chi connectivity index (χ0v) is 14.4. The average molecular weight is 321 g/mol. The lowest BCUT2D eigenvalue weighted by molar-refractivity contribution is -0.126. The lowest BCUT2D eigenvalue weighted by Crippen LogP contribution is -2.48. The first-order valence-electron chi connectivity index (χ1n) is 8.24. The largest absolute Gasteiger partial charge is 0.359 e. The monoisotopic (exact) mass is 321 g/mol. The quantitative estimate of drug-likeness (QED) is 0.855. The summed E-state index contributed by atoms with van der Waals surface area (Å²) >= 11 is 0. The van der Waals surface area contributed by atoms with E-state index >= 15 is 0 Å². The van der Waals surface area contributed by atoms with E-state index in [1.807, 2.05) is 26.8 Å². The zero-order valence-electron chi connectivity index (χ0n) is 14.4. The summed E-state index contributed by atoms with van der Waals surface area (Å²) < 4.78 is 1.79. The van der Waals surface area contributed by atoms with Crippen LogP contribution >= 0.6 is 0 Å². The Hall–Kier alpha value is -1.89. The number of piperidine rings is 1. The summed E-state index contributed by atoms with van der Waals surface area (Å²) in [6.45, 7) is 7.48. The Bertz CT molecular complexity index is 546. The molecule has 2 rings (SSSR count). The number of hydrogen-bond donors (Lipinski definition) is 2.